The van der Waals surface area contributed by atoms with E-state index in [9.17, 15) is 9.90 Å². The van der Waals surface area contributed by atoms with Gasteiger partial charge in [-0.15, -0.1) is 0 Å². The summed E-state index contributed by atoms with van der Waals surface area (Å²) in [5.41, 5.74) is 1.04. The van der Waals surface area contributed by atoms with Crippen LogP contribution < -0.4 is 20.7 Å². The minimum absolute atomic E-state index is 0.0507. The molecule has 3 rings (SSSR count). The number of carbonyl (C=O) groups excluding carboxylic acids is 1. The zero-order chi connectivity index (χ0) is 22.1. The smallest absolute Gasteiger partial charge is 0.258 e. The average molecular weight is 445 g/mol. The van der Waals surface area contributed by atoms with Crippen LogP contribution in [0.1, 0.15) is 37.8 Å². The zero-order valence-corrected chi connectivity index (χ0v) is 19.0. The number of ether oxygens (including phenoxy) is 1. The molecule has 1 atom stereocenters. The predicted molar refractivity (Wildman–Crippen MR) is 125 cm³/mol. The third kappa shape index (κ3) is 7.88. The Morgan fingerprint density at radius 3 is 2.68 bits per heavy atom. The second-order valence-corrected chi connectivity index (χ2v) is 8.71. The summed E-state index contributed by atoms with van der Waals surface area (Å²) in [6.07, 6.45) is 2.96. The van der Waals surface area contributed by atoms with Crippen molar-refractivity contribution in [1.29, 1.82) is 0 Å². The fourth-order valence-electron chi connectivity index (χ4n) is 2.96. The van der Waals surface area contributed by atoms with Crippen molar-refractivity contribution in [3.63, 3.8) is 0 Å². The molecule has 1 amide bonds. The van der Waals surface area contributed by atoms with Gasteiger partial charge in [-0.05, 0) is 73.2 Å². The molecular weight excluding hydrogens is 412 g/mol. The highest BCUT2D eigenvalue weighted by molar-refractivity contribution is 7.08. The monoisotopic (exact) mass is 444 g/mol. The molecule has 0 aliphatic heterocycles. The fourth-order valence-corrected chi connectivity index (χ4v) is 3.74. The lowest BCUT2D eigenvalue weighted by Crippen LogP contribution is -2.39. The van der Waals surface area contributed by atoms with Crippen LogP contribution >= 0.6 is 11.3 Å². The van der Waals surface area contributed by atoms with E-state index in [0.29, 0.717) is 24.3 Å². The molecule has 4 N–H and O–H groups in total. The quantitative estimate of drug-likeness (QED) is 0.315. The molecule has 1 heterocycles. The Kier molecular flexibility index (Phi) is 8.31. The van der Waals surface area contributed by atoms with Gasteiger partial charge in [-0.25, -0.2) is 4.99 Å². The second kappa shape index (κ2) is 11.2. The predicted octanol–water partition coefficient (Wildman–Crippen LogP) is 2.41. The van der Waals surface area contributed by atoms with Crippen molar-refractivity contribution in [2.75, 3.05) is 26.2 Å². The number of nitrogens with zero attached hydrogens (tertiary/aromatic N) is 1. The molecule has 31 heavy (non-hydrogen) atoms. The lowest BCUT2D eigenvalue weighted by Gasteiger charge is -2.21. The van der Waals surface area contributed by atoms with Crippen LogP contribution in [0.2, 0.25) is 0 Å². The first-order valence-corrected chi connectivity index (χ1v) is 11.7. The molecule has 1 aliphatic rings. The molecule has 0 radical (unpaired) electrons. The number of guanidine groups is 1. The highest BCUT2D eigenvalue weighted by Crippen LogP contribution is 2.23. The summed E-state index contributed by atoms with van der Waals surface area (Å²) >= 11 is 1.56. The molecule has 0 bridgehead atoms. The van der Waals surface area contributed by atoms with Gasteiger partial charge in [-0.2, -0.15) is 11.3 Å². The largest absolute Gasteiger partial charge is 0.484 e. The molecule has 1 saturated carbocycles. The maximum absolute atomic E-state index is 11.7. The van der Waals surface area contributed by atoms with Gasteiger partial charge in [-0.3, -0.25) is 4.79 Å². The SMILES string of the molecule is CCNC(=NCC(C)(O)c1ccsc1)NCCc1ccc(OCC(=O)NC2CC2)cc1. The molecule has 168 valence electrons. The molecule has 7 nitrogen and oxygen atoms in total. The second-order valence-electron chi connectivity index (χ2n) is 7.93. The summed E-state index contributed by atoms with van der Waals surface area (Å²) in [7, 11) is 0. The number of rotatable bonds is 11. The Morgan fingerprint density at radius 2 is 2.03 bits per heavy atom. The summed E-state index contributed by atoms with van der Waals surface area (Å²) in [5.74, 6) is 1.30. The number of aliphatic imine (C=N–C) groups is 1. The van der Waals surface area contributed by atoms with Crippen LogP contribution in [0.15, 0.2) is 46.1 Å². The van der Waals surface area contributed by atoms with E-state index < -0.39 is 5.60 Å². The van der Waals surface area contributed by atoms with Crippen molar-refractivity contribution in [3.05, 3.63) is 52.2 Å². The van der Waals surface area contributed by atoms with Crippen LogP contribution in [0.25, 0.3) is 0 Å². The topological polar surface area (TPSA) is 95.0 Å². The number of carbonyl (C=O) groups is 1. The van der Waals surface area contributed by atoms with E-state index in [-0.39, 0.29) is 19.1 Å². The third-order valence-corrected chi connectivity index (χ3v) is 5.66. The van der Waals surface area contributed by atoms with Gasteiger partial charge in [0, 0.05) is 19.1 Å². The summed E-state index contributed by atoms with van der Waals surface area (Å²) < 4.78 is 5.54. The number of hydrogen-bond donors (Lipinski definition) is 4. The highest BCUT2D eigenvalue weighted by atomic mass is 32.1. The van der Waals surface area contributed by atoms with Crippen LogP contribution in [0, 0.1) is 0 Å². The Labute approximate surface area is 187 Å². The number of thiophene rings is 1. The molecule has 1 aromatic carbocycles. The molecule has 1 unspecified atom stereocenters. The Hall–Kier alpha value is -2.58. The van der Waals surface area contributed by atoms with Crippen LogP contribution in [0.3, 0.4) is 0 Å². The lowest BCUT2D eigenvalue weighted by atomic mass is 10.00. The fraction of sp³-hybridized carbons (Fsp3) is 0.478. The van der Waals surface area contributed by atoms with Gasteiger partial charge in [0.05, 0.1) is 6.54 Å². The van der Waals surface area contributed by atoms with Crippen LogP contribution in [0.4, 0.5) is 0 Å². The van der Waals surface area contributed by atoms with Gasteiger partial charge in [0.1, 0.15) is 11.4 Å². The molecule has 1 fully saturated rings. The highest BCUT2D eigenvalue weighted by Gasteiger charge is 2.24. The molecule has 1 aromatic heterocycles. The number of benzene rings is 1. The van der Waals surface area contributed by atoms with Crippen molar-refractivity contribution in [2.24, 2.45) is 4.99 Å². The van der Waals surface area contributed by atoms with E-state index in [1.54, 1.807) is 18.3 Å². The van der Waals surface area contributed by atoms with E-state index in [2.05, 4.69) is 20.9 Å². The normalized spacial score (nSPS) is 15.8. The van der Waals surface area contributed by atoms with Gasteiger partial charge in [0.25, 0.3) is 5.91 Å². The van der Waals surface area contributed by atoms with Crippen molar-refractivity contribution < 1.29 is 14.6 Å². The van der Waals surface area contributed by atoms with Crippen molar-refractivity contribution in [2.45, 2.75) is 44.8 Å². The standard InChI is InChI=1S/C23H32N4O3S/c1-3-24-22(26-16-23(2,29)18-11-13-31-15-18)25-12-10-17-4-8-20(9-5-17)30-14-21(28)27-19-6-7-19/h4-5,8-9,11,13,15,19,29H,3,6-7,10,12,14,16H2,1-2H3,(H,27,28)(H2,24,25,26). The van der Waals surface area contributed by atoms with Gasteiger partial charge in [0.15, 0.2) is 12.6 Å². The minimum Gasteiger partial charge on any atom is -0.484 e. The lowest BCUT2D eigenvalue weighted by molar-refractivity contribution is -0.123. The first-order chi connectivity index (χ1) is 15.0. The van der Waals surface area contributed by atoms with Crippen molar-refractivity contribution in [1.82, 2.24) is 16.0 Å². The van der Waals surface area contributed by atoms with Crippen LogP contribution in [-0.2, 0) is 16.8 Å². The Balaban J connectivity index is 1.42. The molecule has 8 heteroatoms. The Bertz CT molecular complexity index is 846. The van der Waals surface area contributed by atoms with E-state index in [1.807, 2.05) is 48.0 Å². The number of aliphatic hydroxyl groups is 1. The van der Waals surface area contributed by atoms with E-state index in [1.165, 1.54) is 0 Å². The van der Waals surface area contributed by atoms with Gasteiger partial charge in [0.2, 0.25) is 0 Å². The number of hydrogen-bond acceptors (Lipinski definition) is 5. The van der Waals surface area contributed by atoms with Crippen LogP contribution in [-0.4, -0.2) is 49.3 Å². The molecule has 0 spiro atoms. The molecule has 0 saturated heterocycles. The summed E-state index contributed by atoms with van der Waals surface area (Å²) in [4.78, 5) is 16.2. The number of nitrogens with one attached hydrogen (secondary N) is 3. The van der Waals surface area contributed by atoms with E-state index in [0.717, 1.165) is 36.9 Å². The number of amides is 1. The summed E-state index contributed by atoms with van der Waals surface area (Å²) in [6.45, 7) is 5.57. The van der Waals surface area contributed by atoms with Crippen molar-refractivity contribution >= 4 is 23.2 Å². The first-order valence-electron chi connectivity index (χ1n) is 10.7. The van der Waals surface area contributed by atoms with Gasteiger partial charge < -0.3 is 25.8 Å². The average Bonchev–Trinajstić information content (AvgIpc) is 3.38. The molecule has 1 aliphatic carbocycles. The third-order valence-electron chi connectivity index (χ3n) is 4.97. The summed E-state index contributed by atoms with van der Waals surface area (Å²) in [5, 5.41) is 24.0. The maximum atomic E-state index is 11.7. The first kappa shape index (κ1) is 23.1. The zero-order valence-electron chi connectivity index (χ0n) is 18.2. The Morgan fingerprint density at radius 1 is 1.26 bits per heavy atom. The van der Waals surface area contributed by atoms with Crippen molar-refractivity contribution in [3.8, 4) is 5.75 Å². The van der Waals surface area contributed by atoms with Gasteiger partial charge >= 0.3 is 0 Å². The van der Waals surface area contributed by atoms with E-state index in [4.69, 9.17) is 4.74 Å². The summed E-state index contributed by atoms with van der Waals surface area (Å²) in [6, 6.07) is 10.0. The molecular formula is C23H32N4O3S. The van der Waals surface area contributed by atoms with E-state index >= 15 is 0 Å². The maximum Gasteiger partial charge on any atom is 0.258 e. The minimum atomic E-state index is -0.992. The van der Waals surface area contributed by atoms with Crippen LogP contribution in [0.5, 0.6) is 5.75 Å². The molecule has 2 aromatic rings. The van der Waals surface area contributed by atoms with Gasteiger partial charge in [-0.1, -0.05) is 12.1 Å².